The predicted molar refractivity (Wildman–Crippen MR) is 44.7 cm³/mol. The third kappa shape index (κ3) is 1.62. The molecule has 70 valence electrons. The van der Waals surface area contributed by atoms with Crippen molar-refractivity contribution in [3.05, 3.63) is 17.5 Å². The molecule has 2 rings (SSSR count). The molecule has 0 aliphatic carbocycles. The fraction of sp³-hybridized carbons (Fsp3) is 0.556. The van der Waals surface area contributed by atoms with Gasteiger partial charge in [0.2, 0.25) is 0 Å². The molecule has 1 aromatic rings. The fourth-order valence-corrected chi connectivity index (χ4v) is 1.61. The van der Waals surface area contributed by atoms with E-state index in [9.17, 15) is 4.79 Å². The molecule has 0 aromatic carbocycles. The number of nitrogens with zero attached hydrogens (tertiary/aromatic N) is 1. The molecule has 0 bridgehead atoms. The highest BCUT2D eigenvalue weighted by Crippen LogP contribution is 2.28. The lowest BCUT2D eigenvalue weighted by atomic mass is 9.95. The van der Waals surface area contributed by atoms with Crippen molar-refractivity contribution in [1.29, 1.82) is 0 Å². The quantitative estimate of drug-likeness (QED) is 0.647. The average Bonchev–Trinajstić information content (AvgIpc) is 2.67. The van der Waals surface area contributed by atoms with Crippen molar-refractivity contribution in [2.75, 3.05) is 13.2 Å². The Kier molecular flexibility index (Phi) is 2.40. The Bertz CT molecular complexity index is 289. The summed E-state index contributed by atoms with van der Waals surface area (Å²) in [4.78, 5) is 10.6. The first-order chi connectivity index (χ1) is 6.42. The summed E-state index contributed by atoms with van der Waals surface area (Å²) in [6.07, 6.45) is 4.09. The molecule has 0 saturated carbocycles. The molecule has 0 spiro atoms. The Hall–Kier alpha value is -1.16. The molecule has 2 heterocycles. The Morgan fingerprint density at radius 3 is 2.92 bits per heavy atom. The highest BCUT2D eigenvalue weighted by molar-refractivity contribution is 5.75. The van der Waals surface area contributed by atoms with E-state index in [2.05, 4.69) is 5.16 Å². The zero-order valence-electron chi connectivity index (χ0n) is 7.23. The summed E-state index contributed by atoms with van der Waals surface area (Å²) in [5, 5.41) is 3.62. The lowest BCUT2D eigenvalue weighted by Gasteiger charge is -2.19. The highest BCUT2D eigenvalue weighted by atomic mass is 16.5. The molecule has 1 aliphatic heterocycles. The molecule has 13 heavy (non-hydrogen) atoms. The first kappa shape index (κ1) is 8.44. The van der Waals surface area contributed by atoms with Crippen LogP contribution in [0, 0.1) is 0 Å². The van der Waals surface area contributed by atoms with Gasteiger partial charge in [0.15, 0.2) is 6.29 Å². The van der Waals surface area contributed by atoms with Gasteiger partial charge in [-0.1, -0.05) is 5.16 Å². The van der Waals surface area contributed by atoms with Gasteiger partial charge in [0, 0.05) is 19.1 Å². The largest absolute Gasteiger partial charge is 0.381 e. The van der Waals surface area contributed by atoms with Crippen LogP contribution in [-0.2, 0) is 4.74 Å². The molecule has 0 unspecified atom stereocenters. The van der Waals surface area contributed by atoms with Crippen molar-refractivity contribution in [2.45, 2.75) is 18.8 Å². The minimum Gasteiger partial charge on any atom is -0.381 e. The molecule has 1 fully saturated rings. The lowest BCUT2D eigenvalue weighted by Crippen LogP contribution is -2.14. The van der Waals surface area contributed by atoms with Crippen molar-refractivity contribution in [2.24, 2.45) is 0 Å². The van der Waals surface area contributed by atoms with Gasteiger partial charge in [0.25, 0.3) is 0 Å². The van der Waals surface area contributed by atoms with Gasteiger partial charge in [-0.05, 0) is 12.8 Å². The summed E-state index contributed by atoms with van der Waals surface area (Å²) >= 11 is 0. The van der Waals surface area contributed by atoms with E-state index in [4.69, 9.17) is 9.26 Å². The van der Waals surface area contributed by atoms with E-state index in [0.717, 1.165) is 38.1 Å². The first-order valence-electron chi connectivity index (χ1n) is 4.39. The minimum atomic E-state index is 0.302. The Labute approximate surface area is 75.9 Å². The van der Waals surface area contributed by atoms with Crippen LogP contribution in [0.2, 0.25) is 0 Å². The van der Waals surface area contributed by atoms with Crippen LogP contribution < -0.4 is 0 Å². The summed E-state index contributed by atoms with van der Waals surface area (Å²) in [6, 6.07) is 0. The van der Waals surface area contributed by atoms with Gasteiger partial charge >= 0.3 is 0 Å². The van der Waals surface area contributed by atoms with Gasteiger partial charge in [-0.3, -0.25) is 4.79 Å². The summed E-state index contributed by atoms with van der Waals surface area (Å²) in [5.41, 5.74) is 0.576. The van der Waals surface area contributed by atoms with Gasteiger partial charge in [0.05, 0.1) is 11.8 Å². The van der Waals surface area contributed by atoms with Crippen LogP contribution in [0.1, 0.15) is 34.9 Å². The smallest absolute Gasteiger partial charge is 0.155 e. The number of ether oxygens (including phenoxy) is 1. The molecule has 4 nitrogen and oxygen atoms in total. The van der Waals surface area contributed by atoms with Crippen molar-refractivity contribution in [1.82, 2.24) is 5.16 Å². The van der Waals surface area contributed by atoms with Gasteiger partial charge < -0.3 is 9.26 Å². The Morgan fingerprint density at radius 1 is 1.46 bits per heavy atom. The van der Waals surface area contributed by atoms with Crippen molar-refractivity contribution < 1.29 is 14.1 Å². The number of aldehydes is 1. The van der Waals surface area contributed by atoms with Crippen LogP contribution in [0.25, 0.3) is 0 Å². The second-order valence-corrected chi connectivity index (χ2v) is 3.15. The molecule has 4 heteroatoms. The molecule has 1 aliphatic rings. The summed E-state index contributed by atoms with van der Waals surface area (Å²) in [5.74, 6) is 1.02. The standard InChI is InChI=1S/C9H11NO3/c11-6-8-5-10-13-9(8)7-1-3-12-4-2-7/h5-7H,1-4H2. The maximum Gasteiger partial charge on any atom is 0.155 e. The second kappa shape index (κ2) is 3.70. The molecule has 1 aromatic heterocycles. The van der Waals surface area contributed by atoms with Crippen molar-refractivity contribution >= 4 is 6.29 Å². The van der Waals surface area contributed by atoms with Crippen LogP contribution in [-0.4, -0.2) is 24.7 Å². The fourth-order valence-electron chi connectivity index (χ4n) is 1.61. The summed E-state index contributed by atoms with van der Waals surface area (Å²) in [6.45, 7) is 1.48. The normalized spacial score (nSPS) is 18.8. The van der Waals surface area contributed by atoms with Crippen molar-refractivity contribution in [3.63, 3.8) is 0 Å². The van der Waals surface area contributed by atoms with Gasteiger partial charge in [0.1, 0.15) is 5.76 Å². The summed E-state index contributed by atoms with van der Waals surface area (Å²) < 4.78 is 10.3. The second-order valence-electron chi connectivity index (χ2n) is 3.15. The zero-order valence-corrected chi connectivity index (χ0v) is 7.23. The molecule has 0 atom stereocenters. The van der Waals surface area contributed by atoms with E-state index >= 15 is 0 Å². The van der Waals surface area contributed by atoms with Crippen LogP contribution in [0.5, 0.6) is 0 Å². The van der Waals surface area contributed by atoms with Crippen LogP contribution in [0.15, 0.2) is 10.7 Å². The number of hydrogen-bond acceptors (Lipinski definition) is 4. The number of carbonyl (C=O) groups excluding carboxylic acids is 1. The van der Waals surface area contributed by atoms with Gasteiger partial charge in [-0.2, -0.15) is 0 Å². The molecule has 0 radical (unpaired) electrons. The topological polar surface area (TPSA) is 52.3 Å². The third-order valence-corrected chi connectivity index (χ3v) is 2.35. The van der Waals surface area contributed by atoms with Gasteiger partial charge in [-0.15, -0.1) is 0 Å². The molecule has 0 amide bonds. The van der Waals surface area contributed by atoms with Crippen molar-refractivity contribution in [3.8, 4) is 0 Å². The predicted octanol–water partition coefficient (Wildman–Crippen LogP) is 1.38. The van der Waals surface area contributed by atoms with E-state index in [0.29, 0.717) is 11.5 Å². The molecular weight excluding hydrogens is 170 g/mol. The van der Waals surface area contributed by atoms with E-state index in [1.165, 1.54) is 6.20 Å². The maximum atomic E-state index is 10.6. The number of aromatic nitrogens is 1. The molecule has 1 saturated heterocycles. The number of carbonyl (C=O) groups is 1. The number of hydrogen-bond donors (Lipinski definition) is 0. The maximum absolute atomic E-state index is 10.6. The number of rotatable bonds is 2. The van der Waals surface area contributed by atoms with E-state index in [-0.39, 0.29) is 0 Å². The minimum absolute atomic E-state index is 0.302. The van der Waals surface area contributed by atoms with Gasteiger partial charge in [-0.25, -0.2) is 0 Å². The average molecular weight is 181 g/mol. The van der Waals surface area contributed by atoms with Crippen LogP contribution >= 0.6 is 0 Å². The summed E-state index contributed by atoms with van der Waals surface area (Å²) in [7, 11) is 0. The zero-order chi connectivity index (χ0) is 9.10. The Balaban J connectivity index is 2.17. The van der Waals surface area contributed by atoms with Crippen LogP contribution in [0.4, 0.5) is 0 Å². The Morgan fingerprint density at radius 2 is 2.23 bits per heavy atom. The SMILES string of the molecule is O=Cc1cnoc1C1CCOCC1. The van der Waals surface area contributed by atoms with E-state index in [1.807, 2.05) is 0 Å². The monoisotopic (exact) mass is 181 g/mol. The van der Waals surface area contributed by atoms with Crippen LogP contribution in [0.3, 0.4) is 0 Å². The first-order valence-corrected chi connectivity index (χ1v) is 4.39. The van der Waals surface area contributed by atoms with E-state index < -0.39 is 0 Å². The molecule has 0 N–H and O–H groups in total. The van der Waals surface area contributed by atoms with E-state index in [1.54, 1.807) is 0 Å². The lowest BCUT2D eigenvalue weighted by molar-refractivity contribution is 0.0786. The molecular formula is C9H11NO3. The highest BCUT2D eigenvalue weighted by Gasteiger charge is 2.22. The third-order valence-electron chi connectivity index (χ3n) is 2.35.